The van der Waals surface area contributed by atoms with Crippen LogP contribution in [-0.4, -0.2) is 38.4 Å². The first-order chi connectivity index (χ1) is 19.0. The highest BCUT2D eigenvalue weighted by molar-refractivity contribution is 6.00. The van der Waals surface area contributed by atoms with Crippen molar-refractivity contribution in [1.82, 2.24) is 5.43 Å². The second kappa shape index (κ2) is 11.4. The smallest absolute Gasteiger partial charge is 0.337 e. The zero-order chi connectivity index (χ0) is 27.4. The van der Waals surface area contributed by atoms with E-state index in [0.29, 0.717) is 28.7 Å². The Balaban J connectivity index is 1.28. The summed E-state index contributed by atoms with van der Waals surface area (Å²) in [6.07, 6.45) is 5.46. The maximum Gasteiger partial charge on any atom is 0.337 e. The van der Waals surface area contributed by atoms with Crippen LogP contribution in [0.4, 0.5) is 5.69 Å². The Bertz CT molecular complexity index is 1430. The zero-order valence-electron chi connectivity index (χ0n) is 22.1. The number of carbonyl (C=O) groups is 2. The fourth-order valence-corrected chi connectivity index (χ4v) is 5.22. The van der Waals surface area contributed by atoms with Gasteiger partial charge in [-0.2, -0.15) is 5.10 Å². The molecule has 39 heavy (non-hydrogen) atoms. The molecule has 2 N–H and O–H groups in total. The molecule has 0 fully saturated rings. The minimum Gasteiger partial charge on any atom is -0.493 e. The van der Waals surface area contributed by atoms with Crippen LogP contribution in [0.15, 0.2) is 84.0 Å². The number of ether oxygens (including phenoxy) is 3. The lowest BCUT2D eigenvalue weighted by Gasteiger charge is -2.37. The number of nitrogens with one attached hydrogen (secondary N) is 2. The van der Waals surface area contributed by atoms with Crippen molar-refractivity contribution in [3.63, 3.8) is 0 Å². The van der Waals surface area contributed by atoms with Crippen LogP contribution in [0, 0.1) is 5.92 Å². The molecule has 1 aliphatic heterocycles. The van der Waals surface area contributed by atoms with Crippen LogP contribution in [0.1, 0.15) is 52.4 Å². The highest BCUT2D eigenvalue weighted by Gasteiger charge is 2.38. The third-order valence-electron chi connectivity index (χ3n) is 7.25. The van der Waals surface area contributed by atoms with Crippen LogP contribution in [-0.2, 0) is 9.53 Å². The van der Waals surface area contributed by atoms with Crippen molar-refractivity contribution >= 4 is 23.3 Å². The van der Waals surface area contributed by atoms with Crippen molar-refractivity contribution in [2.75, 3.05) is 26.1 Å². The van der Waals surface area contributed by atoms with E-state index >= 15 is 0 Å². The van der Waals surface area contributed by atoms with E-state index in [9.17, 15) is 9.59 Å². The summed E-state index contributed by atoms with van der Waals surface area (Å²) in [5, 5.41) is 8.02. The Labute approximate surface area is 227 Å². The summed E-state index contributed by atoms with van der Waals surface area (Å²) in [7, 11) is 2.94. The Morgan fingerprint density at radius 2 is 1.74 bits per heavy atom. The Hall–Kier alpha value is -4.59. The number of allylic oxidation sites excluding steroid dienone is 2. The molecule has 3 atom stereocenters. The minimum atomic E-state index is -0.361. The molecule has 3 aromatic rings. The topological polar surface area (TPSA) is 98.2 Å². The number of fused-ring (bicyclic) bond motifs is 3. The van der Waals surface area contributed by atoms with Gasteiger partial charge in [-0.25, -0.2) is 10.2 Å². The van der Waals surface area contributed by atoms with Gasteiger partial charge in [-0.05, 0) is 72.4 Å². The van der Waals surface area contributed by atoms with Crippen molar-refractivity contribution in [2.45, 2.75) is 25.3 Å². The molecule has 0 spiro atoms. The second-order valence-electron chi connectivity index (χ2n) is 9.56. The lowest BCUT2D eigenvalue weighted by molar-refractivity contribution is -0.123. The first-order valence-electron chi connectivity index (χ1n) is 12.8. The lowest BCUT2D eigenvalue weighted by atomic mass is 9.76. The number of hydrogen-bond acceptors (Lipinski definition) is 7. The van der Waals surface area contributed by atoms with E-state index in [2.05, 4.69) is 40.1 Å². The molecule has 3 aromatic carbocycles. The monoisotopic (exact) mass is 525 g/mol. The van der Waals surface area contributed by atoms with Gasteiger partial charge in [-0.15, -0.1) is 0 Å². The molecule has 0 unspecified atom stereocenters. The van der Waals surface area contributed by atoms with Gasteiger partial charge >= 0.3 is 5.97 Å². The van der Waals surface area contributed by atoms with E-state index in [1.807, 2.05) is 49.4 Å². The Kier molecular flexibility index (Phi) is 7.63. The quantitative estimate of drug-likeness (QED) is 0.181. The highest BCUT2D eigenvalue weighted by atomic mass is 16.5. The Morgan fingerprint density at radius 1 is 1.00 bits per heavy atom. The van der Waals surface area contributed by atoms with Gasteiger partial charge in [0.15, 0.2) is 18.1 Å². The van der Waals surface area contributed by atoms with Crippen LogP contribution in [0.5, 0.6) is 11.5 Å². The van der Waals surface area contributed by atoms with Crippen molar-refractivity contribution < 1.29 is 23.8 Å². The average Bonchev–Trinajstić information content (AvgIpc) is 3.48. The zero-order valence-corrected chi connectivity index (χ0v) is 22.1. The molecule has 0 aromatic heterocycles. The molecular weight excluding hydrogens is 494 g/mol. The number of anilines is 1. The summed E-state index contributed by atoms with van der Waals surface area (Å²) in [4.78, 5) is 24.2. The van der Waals surface area contributed by atoms with E-state index in [1.165, 1.54) is 12.7 Å². The van der Waals surface area contributed by atoms with Gasteiger partial charge in [-0.3, -0.25) is 4.79 Å². The number of methoxy groups -OCH3 is 2. The molecule has 8 nitrogen and oxygen atoms in total. The summed E-state index contributed by atoms with van der Waals surface area (Å²) >= 11 is 0. The van der Waals surface area contributed by atoms with Gasteiger partial charge in [0.05, 0.1) is 31.5 Å². The molecule has 8 heteroatoms. The summed E-state index contributed by atoms with van der Waals surface area (Å²) in [6.45, 7) is 1.69. The first kappa shape index (κ1) is 26.0. The number of amides is 1. The molecule has 0 saturated heterocycles. The van der Waals surface area contributed by atoms with Crippen LogP contribution in [0.2, 0.25) is 0 Å². The average molecular weight is 526 g/mol. The van der Waals surface area contributed by atoms with E-state index < -0.39 is 0 Å². The van der Waals surface area contributed by atoms with Crippen molar-refractivity contribution in [3.8, 4) is 11.5 Å². The molecule has 200 valence electrons. The largest absolute Gasteiger partial charge is 0.493 e. The fourth-order valence-electron chi connectivity index (χ4n) is 5.22. The van der Waals surface area contributed by atoms with Gasteiger partial charge in [0.2, 0.25) is 0 Å². The number of nitrogens with zero attached hydrogens (tertiary/aromatic N) is 1. The van der Waals surface area contributed by atoms with Gasteiger partial charge < -0.3 is 19.5 Å². The normalized spacial score (nSPS) is 19.4. The summed E-state index contributed by atoms with van der Waals surface area (Å²) in [5.74, 6) is 0.958. The number of hydrogen-bond donors (Lipinski definition) is 2. The molecule has 0 radical (unpaired) electrons. The molecule has 5 rings (SSSR count). The number of benzene rings is 3. The van der Waals surface area contributed by atoms with E-state index in [4.69, 9.17) is 14.2 Å². The third kappa shape index (κ3) is 5.50. The SMILES string of the molecule is COC(=O)c1ccc([C@@H]2Nc3ccc(/C(C)=N\NC(=O)COc4ccccc4OC)cc3[C@@H]3C=CC[C@@H]32)cc1. The predicted molar refractivity (Wildman–Crippen MR) is 149 cm³/mol. The van der Waals surface area contributed by atoms with Gasteiger partial charge in [-0.1, -0.05) is 42.5 Å². The number of hydrazone groups is 1. The maximum atomic E-state index is 12.4. The van der Waals surface area contributed by atoms with Gasteiger partial charge in [0.25, 0.3) is 5.91 Å². The first-order valence-corrected chi connectivity index (χ1v) is 12.8. The van der Waals surface area contributed by atoms with Crippen LogP contribution < -0.4 is 20.2 Å². The maximum absolute atomic E-state index is 12.4. The second-order valence-corrected chi connectivity index (χ2v) is 9.56. The number of carbonyl (C=O) groups excluding carboxylic acids is 2. The lowest BCUT2D eigenvalue weighted by Crippen LogP contribution is -2.29. The number of rotatable bonds is 8. The van der Waals surface area contributed by atoms with E-state index in [1.54, 1.807) is 19.2 Å². The minimum absolute atomic E-state index is 0.118. The van der Waals surface area contributed by atoms with Crippen molar-refractivity contribution in [3.05, 3.63) is 101 Å². The summed E-state index contributed by atoms with van der Waals surface area (Å²) < 4.78 is 15.7. The van der Waals surface area contributed by atoms with Gasteiger partial charge in [0.1, 0.15) is 0 Å². The van der Waals surface area contributed by atoms with Crippen LogP contribution in [0.3, 0.4) is 0 Å². The van der Waals surface area contributed by atoms with E-state index in [0.717, 1.165) is 23.2 Å². The predicted octanol–water partition coefficient (Wildman–Crippen LogP) is 5.23. The van der Waals surface area contributed by atoms with Gasteiger partial charge in [0, 0.05) is 11.6 Å². The van der Waals surface area contributed by atoms with Crippen LogP contribution >= 0.6 is 0 Å². The molecule has 0 bridgehead atoms. The molecule has 1 heterocycles. The van der Waals surface area contributed by atoms with E-state index in [-0.39, 0.29) is 30.4 Å². The highest BCUT2D eigenvalue weighted by Crippen LogP contribution is 2.50. The molecule has 1 amide bonds. The van der Waals surface area contributed by atoms with Crippen molar-refractivity contribution in [1.29, 1.82) is 0 Å². The molecular formula is C31H31N3O5. The molecule has 1 aliphatic carbocycles. The Morgan fingerprint density at radius 3 is 2.49 bits per heavy atom. The molecule has 2 aliphatic rings. The fraction of sp³-hybridized carbons (Fsp3) is 0.258. The molecule has 0 saturated carbocycles. The third-order valence-corrected chi connectivity index (χ3v) is 7.25. The standard InChI is InChI=1S/C31H31N3O5/c1-19(33-34-29(35)18-39-28-10-5-4-9-27(28)37-2)22-15-16-26-25(17-22)23-7-6-8-24(23)30(32-26)20-11-13-21(14-12-20)31(36)38-3/h4-7,9-17,23-24,30,32H,8,18H2,1-3H3,(H,34,35)/b33-19-/t23-,24+,30+/m1/s1. The van der Waals surface area contributed by atoms with Crippen molar-refractivity contribution in [2.24, 2.45) is 11.0 Å². The summed E-state index contributed by atoms with van der Waals surface area (Å²) in [5.41, 5.74) is 8.15. The number of esters is 1. The van der Waals surface area contributed by atoms with Crippen LogP contribution in [0.25, 0.3) is 0 Å². The number of para-hydroxylation sites is 2. The summed E-state index contributed by atoms with van der Waals surface area (Å²) in [6, 6.07) is 21.1.